The molecule has 2 aromatic carbocycles. The molecule has 2 rings (SSSR count). The van der Waals surface area contributed by atoms with Gasteiger partial charge in [-0.15, -0.1) is 0 Å². The first-order valence-electron chi connectivity index (χ1n) is 8.81. The van der Waals surface area contributed by atoms with Gasteiger partial charge in [0, 0.05) is 31.9 Å². The smallest absolute Gasteiger partial charge is 0.275 e. The van der Waals surface area contributed by atoms with Crippen LogP contribution in [0.2, 0.25) is 0 Å². The molecule has 0 saturated heterocycles. The minimum absolute atomic E-state index is 0.109. The van der Waals surface area contributed by atoms with E-state index in [1.54, 1.807) is 31.2 Å². The molecule has 0 fully saturated rings. The minimum atomic E-state index is -1.47. The van der Waals surface area contributed by atoms with Crippen molar-refractivity contribution >= 4 is 23.4 Å². The van der Waals surface area contributed by atoms with Crippen LogP contribution in [0.5, 0.6) is 0 Å². The Morgan fingerprint density at radius 2 is 1.46 bits per heavy atom. The monoisotopic (exact) mass is 384 g/mol. The van der Waals surface area contributed by atoms with Gasteiger partial charge in [-0.3, -0.25) is 19.6 Å². The Hall–Kier alpha value is -3.39. The number of hydrogen-bond acceptors (Lipinski definition) is 5. The third-order valence-corrected chi connectivity index (χ3v) is 4.41. The Kier molecular flexibility index (Phi) is 7.11. The average Bonchev–Trinajstić information content (AvgIpc) is 2.76. The van der Waals surface area contributed by atoms with Crippen LogP contribution in [0.25, 0.3) is 11.1 Å². The highest BCUT2D eigenvalue weighted by atomic mass is 16.5. The number of hydrogen-bond donors (Lipinski definition) is 4. The van der Waals surface area contributed by atoms with E-state index in [0.717, 1.165) is 21.7 Å². The number of amides is 3. The molecule has 1 atom stereocenters. The lowest BCUT2D eigenvalue weighted by molar-refractivity contribution is -0.141. The topological polar surface area (TPSA) is 111 Å². The number of nitrogens with zero attached hydrogens (tertiary/aromatic N) is 1. The van der Waals surface area contributed by atoms with Gasteiger partial charge in [0.25, 0.3) is 17.7 Å². The maximum absolute atomic E-state index is 12.9. The average molecular weight is 384 g/mol. The number of hydroxylamine groups is 1. The van der Waals surface area contributed by atoms with Crippen LogP contribution >= 0.6 is 0 Å². The summed E-state index contributed by atoms with van der Waals surface area (Å²) in [5.74, 6) is -2.16. The summed E-state index contributed by atoms with van der Waals surface area (Å²) < 4.78 is 0. The van der Waals surface area contributed by atoms with E-state index in [4.69, 9.17) is 5.21 Å². The number of likely N-dealkylation sites (N-methyl/N-ethyl adjacent to an activating group) is 2. The van der Waals surface area contributed by atoms with Gasteiger partial charge in [0.15, 0.2) is 6.04 Å². The van der Waals surface area contributed by atoms with Gasteiger partial charge < -0.3 is 15.5 Å². The van der Waals surface area contributed by atoms with Crippen LogP contribution in [0.3, 0.4) is 0 Å². The van der Waals surface area contributed by atoms with Crippen LogP contribution in [-0.4, -0.2) is 54.5 Å². The SMILES string of the molecule is CCN(C(=O)c1ccc(-c2ccc(NC)cc2)cc1)C(C(=O)NC)C(=O)NO. The molecule has 0 aliphatic heterocycles. The third kappa shape index (κ3) is 4.47. The summed E-state index contributed by atoms with van der Waals surface area (Å²) in [7, 11) is 3.20. The first-order chi connectivity index (χ1) is 13.5. The maximum atomic E-state index is 12.9. The Balaban J connectivity index is 2.28. The van der Waals surface area contributed by atoms with Gasteiger partial charge in [0.1, 0.15) is 0 Å². The van der Waals surface area contributed by atoms with Gasteiger partial charge in [-0.05, 0) is 42.3 Å². The van der Waals surface area contributed by atoms with Gasteiger partial charge in [-0.2, -0.15) is 0 Å². The number of benzene rings is 2. The molecule has 4 N–H and O–H groups in total. The molecule has 0 aliphatic rings. The quantitative estimate of drug-likeness (QED) is 0.328. The van der Waals surface area contributed by atoms with Crippen molar-refractivity contribution in [2.24, 2.45) is 0 Å². The zero-order valence-corrected chi connectivity index (χ0v) is 16.0. The lowest BCUT2D eigenvalue weighted by Gasteiger charge is -2.28. The minimum Gasteiger partial charge on any atom is -0.388 e. The molecule has 0 aromatic heterocycles. The van der Waals surface area contributed by atoms with E-state index in [9.17, 15) is 14.4 Å². The first-order valence-corrected chi connectivity index (χ1v) is 8.81. The van der Waals surface area contributed by atoms with Crippen molar-refractivity contribution in [2.45, 2.75) is 13.0 Å². The van der Waals surface area contributed by atoms with E-state index >= 15 is 0 Å². The van der Waals surface area contributed by atoms with Crippen molar-refractivity contribution in [2.75, 3.05) is 26.0 Å². The van der Waals surface area contributed by atoms with E-state index in [0.29, 0.717) is 5.56 Å². The van der Waals surface area contributed by atoms with Crippen molar-refractivity contribution in [1.29, 1.82) is 0 Å². The van der Waals surface area contributed by atoms with Crippen molar-refractivity contribution in [3.63, 3.8) is 0 Å². The molecule has 0 saturated carbocycles. The van der Waals surface area contributed by atoms with Gasteiger partial charge in [0.2, 0.25) is 0 Å². The van der Waals surface area contributed by atoms with Crippen molar-refractivity contribution < 1.29 is 19.6 Å². The molecular formula is C20H24N4O4. The number of rotatable bonds is 7. The molecule has 3 amide bonds. The number of nitrogens with one attached hydrogen (secondary N) is 3. The van der Waals surface area contributed by atoms with Crippen LogP contribution in [-0.2, 0) is 9.59 Å². The molecule has 0 heterocycles. The predicted molar refractivity (Wildman–Crippen MR) is 106 cm³/mol. The van der Waals surface area contributed by atoms with Crippen molar-refractivity contribution in [3.05, 3.63) is 54.1 Å². The molecule has 148 valence electrons. The molecule has 8 heteroatoms. The maximum Gasteiger partial charge on any atom is 0.275 e. The fourth-order valence-corrected chi connectivity index (χ4v) is 2.84. The summed E-state index contributed by atoms with van der Waals surface area (Å²) in [6.45, 7) is 1.76. The van der Waals surface area contributed by atoms with E-state index in [1.807, 2.05) is 31.3 Å². The van der Waals surface area contributed by atoms with E-state index in [2.05, 4.69) is 10.6 Å². The molecule has 0 aliphatic carbocycles. The molecule has 0 spiro atoms. The van der Waals surface area contributed by atoms with Gasteiger partial charge in [-0.1, -0.05) is 24.3 Å². The Morgan fingerprint density at radius 3 is 1.89 bits per heavy atom. The highest BCUT2D eigenvalue weighted by molar-refractivity contribution is 6.08. The molecular weight excluding hydrogens is 360 g/mol. The standard InChI is InChI=1S/C20H24N4O4/c1-4-24(17(18(25)22-3)19(26)23-28)20(27)15-7-5-13(6-8-15)14-9-11-16(21-2)12-10-14/h5-12,17,21,28H,4H2,1-3H3,(H,22,25)(H,23,26). The highest BCUT2D eigenvalue weighted by Gasteiger charge is 2.35. The molecule has 0 bridgehead atoms. The molecule has 2 aromatic rings. The van der Waals surface area contributed by atoms with Crippen LogP contribution in [0, 0.1) is 0 Å². The lowest BCUT2D eigenvalue weighted by atomic mass is 10.0. The summed E-state index contributed by atoms with van der Waals surface area (Å²) in [5.41, 5.74) is 4.69. The summed E-state index contributed by atoms with van der Waals surface area (Å²) in [6.07, 6.45) is 0. The van der Waals surface area contributed by atoms with E-state index in [1.165, 1.54) is 12.5 Å². The Labute approximate surface area is 163 Å². The van der Waals surface area contributed by atoms with Crippen molar-refractivity contribution in [3.8, 4) is 11.1 Å². The largest absolute Gasteiger partial charge is 0.388 e. The predicted octanol–water partition coefficient (Wildman–Crippen LogP) is 1.48. The number of anilines is 1. The van der Waals surface area contributed by atoms with Gasteiger partial charge >= 0.3 is 0 Å². The normalized spacial score (nSPS) is 11.3. The second-order valence-corrected chi connectivity index (χ2v) is 5.99. The van der Waals surface area contributed by atoms with E-state index in [-0.39, 0.29) is 6.54 Å². The van der Waals surface area contributed by atoms with Crippen LogP contribution in [0.15, 0.2) is 48.5 Å². The Bertz CT molecular complexity index is 818. The van der Waals surface area contributed by atoms with Gasteiger partial charge in [0.05, 0.1) is 0 Å². The summed E-state index contributed by atoms with van der Waals surface area (Å²) in [5, 5.41) is 14.3. The first kappa shape index (κ1) is 20.9. The number of carbonyl (C=O) groups is 3. The summed E-state index contributed by atoms with van der Waals surface area (Å²) >= 11 is 0. The van der Waals surface area contributed by atoms with Gasteiger partial charge in [-0.25, -0.2) is 5.48 Å². The zero-order chi connectivity index (χ0) is 20.7. The Morgan fingerprint density at radius 1 is 0.929 bits per heavy atom. The summed E-state index contributed by atoms with van der Waals surface area (Å²) in [6, 6.07) is 13.3. The zero-order valence-electron chi connectivity index (χ0n) is 16.0. The van der Waals surface area contributed by atoms with Crippen LogP contribution in [0.4, 0.5) is 5.69 Å². The highest BCUT2D eigenvalue weighted by Crippen LogP contribution is 2.22. The van der Waals surface area contributed by atoms with Crippen molar-refractivity contribution in [1.82, 2.24) is 15.7 Å². The lowest BCUT2D eigenvalue weighted by Crippen LogP contribution is -2.56. The fourth-order valence-electron chi connectivity index (χ4n) is 2.84. The van der Waals surface area contributed by atoms with Crippen LogP contribution in [0.1, 0.15) is 17.3 Å². The second kappa shape index (κ2) is 9.52. The summed E-state index contributed by atoms with van der Waals surface area (Å²) in [4.78, 5) is 37.9. The molecule has 1 unspecified atom stereocenters. The fraction of sp³-hybridized carbons (Fsp3) is 0.250. The third-order valence-electron chi connectivity index (χ3n) is 4.41. The molecule has 0 radical (unpaired) electrons. The van der Waals surface area contributed by atoms with Crippen LogP contribution < -0.4 is 16.1 Å². The second-order valence-electron chi connectivity index (χ2n) is 5.99. The molecule has 8 nitrogen and oxygen atoms in total. The van der Waals surface area contributed by atoms with E-state index < -0.39 is 23.8 Å². The number of carbonyl (C=O) groups excluding carboxylic acids is 3. The molecule has 28 heavy (non-hydrogen) atoms.